The largest absolute Gasteiger partial charge is 0.442 e. The lowest BCUT2D eigenvalue weighted by atomic mass is 10.0. The Morgan fingerprint density at radius 1 is 1.38 bits per heavy atom. The Morgan fingerprint density at radius 3 is 2.83 bits per heavy atom. The van der Waals surface area contributed by atoms with Gasteiger partial charge in [-0.3, -0.25) is 4.90 Å². The van der Waals surface area contributed by atoms with E-state index in [2.05, 4.69) is 15.6 Å². The molecule has 0 saturated carbocycles. The molecule has 1 unspecified atom stereocenters. The number of cyclic esters (lactones) is 1. The lowest BCUT2D eigenvalue weighted by Crippen LogP contribution is -2.35. The van der Waals surface area contributed by atoms with Crippen molar-refractivity contribution in [3.8, 4) is 0 Å². The number of nitrogens with zero attached hydrogens (tertiary/aromatic N) is 5. The maximum Gasteiger partial charge on any atom is 0.414 e. The summed E-state index contributed by atoms with van der Waals surface area (Å²) >= 11 is 4.98. The van der Waals surface area contributed by atoms with Gasteiger partial charge in [-0.1, -0.05) is 17.4 Å². The van der Waals surface area contributed by atoms with Gasteiger partial charge >= 0.3 is 6.09 Å². The number of piperidine rings is 1. The number of hydrogen-bond donors (Lipinski definition) is 1. The number of rotatable bonds is 5. The molecule has 0 spiro atoms. The molecule has 4 rings (SSSR count). The quantitative estimate of drug-likeness (QED) is 0.748. The number of halogens is 1. The first kappa shape index (κ1) is 19.6. The van der Waals surface area contributed by atoms with Gasteiger partial charge < -0.3 is 15.0 Å². The molecular formula is C19H23FN6O2S. The number of amides is 1. The molecule has 2 fully saturated rings. The van der Waals surface area contributed by atoms with Crippen LogP contribution in [0.1, 0.15) is 25.8 Å². The van der Waals surface area contributed by atoms with Gasteiger partial charge in [-0.25, -0.2) is 13.9 Å². The fourth-order valence-corrected chi connectivity index (χ4v) is 3.88. The molecule has 1 atom stereocenters. The second-order valence-electron chi connectivity index (χ2n) is 7.29. The third kappa shape index (κ3) is 4.31. The molecule has 10 heteroatoms. The van der Waals surface area contributed by atoms with Gasteiger partial charge in [0.1, 0.15) is 11.9 Å². The summed E-state index contributed by atoms with van der Waals surface area (Å²) < 4.78 is 22.1. The van der Waals surface area contributed by atoms with Crippen molar-refractivity contribution in [1.29, 1.82) is 0 Å². The lowest BCUT2D eigenvalue weighted by Gasteiger charge is -2.33. The zero-order chi connectivity index (χ0) is 20.4. The third-order valence-corrected chi connectivity index (χ3v) is 5.46. The molecule has 1 N–H and O–H groups in total. The Balaban J connectivity index is 1.39. The summed E-state index contributed by atoms with van der Waals surface area (Å²) in [4.78, 5) is 16.3. The minimum atomic E-state index is -0.473. The summed E-state index contributed by atoms with van der Waals surface area (Å²) in [5.74, 6) is -0.342. The van der Waals surface area contributed by atoms with E-state index >= 15 is 0 Å². The monoisotopic (exact) mass is 418 g/mol. The smallest absolute Gasteiger partial charge is 0.414 e. The lowest BCUT2D eigenvalue weighted by molar-refractivity contribution is 0.143. The number of ether oxygens (including phenoxy) is 1. The number of nitrogens with one attached hydrogen (secondary N) is 1. The second-order valence-corrected chi connectivity index (χ2v) is 7.90. The topological polar surface area (TPSA) is 75.5 Å². The molecule has 1 aromatic carbocycles. The standard InChI is InChI=1S/C19H23FN6O2S/c1-13(29)21-11-16-12-25(19(27)28-16)15-2-3-18(17(20)10-15)24-7-4-14(5-8-24)26-9-6-22-23-26/h2-3,6,9-10,14,16H,4-5,7-8,11-12H2,1H3,(H,21,29). The van der Waals surface area contributed by atoms with E-state index in [-0.39, 0.29) is 18.0 Å². The van der Waals surface area contributed by atoms with Crippen molar-refractivity contribution in [2.45, 2.75) is 31.9 Å². The highest BCUT2D eigenvalue weighted by Crippen LogP contribution is 2.31. The van der Waals surface area contributed by atoms with Crippen LogP contribution in [-0.4, -0.2) is 58.4 Å². The van der Waals surface area contributed by atoms with Crippen molar-refractivity contribution < 1.29 is 13.9 Å². The Kier molecular flexibility index (Phi) is 5.61. The zero-order valence-electron chi connectivity index (χ0n) is 16.1. The molecule has 2 saturated heterocycles. The van der Waals surface area contributed by atoms with Crippen LogP contribution in [0, 0.1) is 5.82 Å². The summed E-state index contributed by atoms with van der Waals surface area (Å²) in [5.41, 5.74) is 1.04. The second kappa shape index (κ2) is 8.32. The highest BCUT2D eigenvalue weighted by atomic mass is 32.1. The van der Waals surface area contributed by atoms with E-state index in [0.717, 1.165) is 25.9 Å². The van der Waals surface area contributed by atoms with E-state index in [1.807, 2.05) is 15.8 Å². The van der Waals surface area contributed by atoms with E-state index in [9.17, 15) is 9.18 Å². The summed E-state index contributed by atoms with van der Waals surface area (Å²) in [6.45, 7) is 4.04. The minimum Gasteiger partial charge on any atom is -0.442 e. The van der Waals surface area contributed by atoms with Gasteiger partial charge in [0.25, 0.3) is 0 Å². The van der Waals surface area contributed by atoms with Crippen LogP contribution in [0.2, 0.25) is 0 Å². The molecule has 2 aliphatic rings. The number of aromatic nitrogens is 3. The molecule has 8 nitrogen and oxygen atoms in total. The highest BCUT2D eigenvalue weighted by molar-refractivity contribution is 7.80. The van der Waals surface area contributed by atoms with E-state index in [4.69, 9.17) is 17.0 Å². The van der Waals surface area contributed by atoms with Crippen molar-refractivity contribution in [3.05, 3.63) is 36.4 Å². The molecule has 0 bridgehead atoms. The van der Waals surface area contributed by atoms with E-state index in [0.29, 0.717) is 29.5 Å². The van der Waals surface area contributed by atoms with Crippen molar-refractivity contribution in [2.75, 3.05) is 36.0 Å². The molecule has 1 aromatic heterocycles. The van der Waals surface area contributed by atoms with Crippen LogP contribution in [0.5, 0.6) is 0 Å². The number of hydrogen-bond acceptors (Lipinski definition) is 6. The van der Waals surface area contributed by atoms with Gasteiger partial charge in [-0.05, 0) is 38.0 Å². The van der Waals surface area contributed by atoms with Gasteiger partial charge in [0.15, 0.2) is 0 Å². The summed E-state index contributed by atoms with van der Waals surface area (Å²) in [6.07, 6.45) is 4.49. The minimum absolute atomic E-state index is 0.289. The summed E-state index contributed by atoms with van der Waals surface area (Å²) in [6, 6.07) is 5.20. The van der Waals surface area contributed by atoms with Crippen LogP contribution < -0.4 is 15.1 Å². The van der Waals surface area contributed by atoms with Crippen molar-refractivity contribution in [2.24, 2.45) is 0 Å². The molecule has 0 radical (unpaired) electrons. The molecule has 154 valence electrons. The fourth-order valence-electron chi connectivity index (χ4n) is 3.80. The van der Waals surface area contributed by atoms with Gasteiger partial charge in [-0.2, -0.15) is 0 Å². The Bertz CT molecular complexity index is 885. The Hall–Kier alpha value is -2.75. The van der Waals surface area contributed by atoms with Crippen LogP contribution >= 0.6 is 12.2 Å². The molecule has 2 aliphatic heterocycles. The average molecular weight is 418 g/mol. The van der Waals surface area contributed by atoms with Crippen LogP contribution in [0.15, 0.2) is 30.6 Å². The maximum absolute atomic E-state index is 14.9. The average Bonchev–Trinajstić information content (AvgIpc) is 3.36. The number of benzene rings is 1. The number of carbonyl (C=O) groups excluding carboxylic acids is 1. The van der Waals surface area contributed by atoms with E-state index in [1.54, 1.807) is 25.3 Å². The van der Waals surface area contributed by atoms with Crippen LogP contribution in [0.4, 0.5) is 20.6 Å². The van der Waals surface area contributed by atoms with Crippen molar-refractivity contribution in [3.63, 3.8) is 0 Å². The highest BCUT2D eigenvalue weighted by Gasteiger charge is 2.33. The molecular weight excluding hydrogens is 395 g/mol. The van der Waals surface area contributed by atoms with Crippen molar-refractivity contribution >= 4 is 34.7 Å². The van der Waals surface area contributed by atoms with E-state index < -0.39 is 6.09 Å². The molecule has 3 heterocycles. The first-order valence-electron chi connectivity index (χ1n) is 9.64. The molecule has 29 heavy (non-hydrogen) atoms. The molecule has 2 aromatic rings. The first-order chi connectivity index (χ1) is 14.0. The zero-order valence-corrected chi connectivity index (χ0v) is 16.9. The van der Waals surface area contributed by atoms with Gasteiger partial charge in [0.2, 0.25) is 0 Å². The number of thiocarbonyl (C=S) groups is 1. The van der Waals surface area contributed by atoms with Gasteiger partial charge in [0, 0.05) is 19.3 Å². The van der Waals surface area contributed by atoms with Gasteiger partial charge in [0.05, 0.1) is 41.7 Å². The number of carbonyl (C=O) groups is 1. The maximum atomic E-state index is 14.9. The SMILES string of the molecule is CC(=S)NCC1CN(c2ccc(N3CCC(n4ccnn4)CC3)c(F)c2)C(=O)O1. The number of anilines is 2. The van der Waals surface area contributed by atoms with E-state index in [1.165, 1.54) is 11.0 Å². The Labute approximate surface area is 173 Å². The Morgan fingerprint density at radius 2 is 2.17 bits per heavy atom. The fraction of sp³-hybridized carbons (Fsp3) is 0.474. The first-order valence-corrected chi connectivity index (χ1v) is 10.0. The van der Waals surface area contributed by atoms with Crippen LogP contribution in [-0.2, 0) is 4.74 Å². The summed E-state index contributed by atoms with van der Waals surface area (Å²) in [7, 11) is 0. The third-order valence-electron chi connectivity index (χ3n) is 5.32. The molecule has 0 aliphatic carbocycles. The van der Waals surface area contributed by atoms with Crippen molar-refractivity contribution in [1.82, 2.24) is 20.3 Å². The van der Waals surface area contributed by atoms with Crippen LogP contribution in [0.3, 0.4) is 0 Å². The predicted octanol–water partition coefficient (Wildman–Crippen LogP) is 2.52. The summed E-state index contributed by atoms with van der Waals surface area (Å²) in [5, 5.41) is 10.9. The normalized spacial score (nSPS) is 20.1. The molecule has 1 amide bonds. The van der Waals surface area contributed by atoms with Gasteiger partial charge in [-0.15, -0.1) is 5.10 Å². The van der Waals surface area contributed by atoms with Crippen LogP contribution in [0.25, 0.3) is 0 Å². The predicted molar refractivity (Wildman–Crippen MR) is 111 cm³/mol.